The zero-order chi connectivity index (χ0) is 24.7. The lowest BCUT2D eigenvalue weighted by molar-refractivity contribution is -0.136. The average molecular weight is 476 g/mol. The van der Waals surface area contributed by atoms with Crippen LogP contribution in [0.4, 0.5) is 0 Å². The molecule has 6 heteroatoms. The van der Waals surface area contributed by atoms with Gasteiger partial charge in [-0.1, -0.05) is 96.6 Å². The Morgan fingerprint density at radius 2 is 1.50 bits per heavy atom. The molecule has 0 aromatic heterocycles. The zero-order valence-corrected chi connectivity index (χ0v) is 20.5. The molecule has 34 heavy (non-hydrogen) atoms. The van der Waals surface area contributed by atoms with Gasteiger partial charge in [-0.2, -0.15) is 4.31 Å². The number of benzene rings is 3. The summed E-state index contributed by atoms with van der Waals surface area (Å²) in [5.74, 6) is -0.665. The summed E-state index contributed by atoms with van der Waals surface area (Å²) in [6.07, 6.45) is 3.62. The van der Waals surface area contributed by atoms with Gasteiger partial charge in [0.05, 0.1) is 23.6 Å². The third-order valence-electron chi connectivity index (χ3n) is 5.48. The molecule has 3 rings (SSSR count). The summed E-state index contributed by atoms with van der Waals surface area (Å²) in [4.78, 5) is 12.7. The van der Waals surface area contributed by atoms with Crippen molar-refractivity contribution < 1.29 is 17.9 Å². The number of hydrogen-bond acceptors (Lipinski definition) is 4. The Bertz CT molecular complexity index is 1260. The molecule has 3 aromatic carbocycles. The Labute approximate surface area is 202 Å². The molecular formula is C28H29NO4S. The van der Waals surface area contributed by atoms with E-state index < -0.39 is 22.0 Å². The third-order valence-corrected chi connectivity index (χ3v) is 7.33. The summed E-state index contributed by atoms with van der Waals surface area (Å²) in [6, 6.07) is 22.7. The molecule has 0 amide bonds. The van der Waals surface area contributed by atoms with Crippen LogP contribution in [-0.4, -0.2) is 32.3 Å². The minimum atomic E-state index is -4.00. The minimum Gasteiger partial charge on any atom is -0.466 e. The highest BCUT2D eigenvalue weighted by molar-refractivity contribution is 7.89. The van der Waals surface area contributed by atoms with Crippen LogP contribution in [0.25, 0.3) is 6.08 Å². The molecular weight excluding hydrogens is 446 g/mol. The Morgan fingerprint density at radius 1 is 0.941 bits per heavy atom. The molecule has 3 aromatic rings. The summed E-state index contributed by atoms with van der Waals surface area (Å²) < 4.78 is 34.0. The van der Waals surface area contributed by atoms with Crippen LogP contribution in [0.15, 0.2) is 102 Å². The largest absolute Gasteiger partial charge is 0.466 e. The highest BCUT2D eigenvalue weighted by atomic mass is 32.2. The van der Waals surface area contributed by atoms with Gasteiger partial charge in [-0.05, 0) is 37.1 Å². The highest BCUT2D eigenvalue weighted by Gasteiger charge is 2.36. The van der Waals surface area contributed by atoms with Gasteiger partial charge >= 0.3 is 5.97 Å². The summed E-state index contributed by atoms with van der Waals surface area (Å²) in [5.41, 5.74) is 3.57. The van der Waals surface area contributed by atoms with Gasteiger partial charge in [-0.15, -0.1) is 0 Å². The van der Waals surface area contributed by atoms with E-state index in [0.29, 0.717) is 5.56 Å². The van der Waals surface area contributed by atoms with Gasteiger partial charge in [-0.3, -0.25) is 0 Å². The first-order valence-corrected chi connectivity index (χ1v) is 12.3. The standard InChI is InChI=1S/C28H29NO4S/c1-21-12-16-25(17-13-21)27(23(3)28(30)33-4)29(20-8-11-24-9-6-5-7-10-24)34(31,32)26-18-14-22(2)15-19-26/h5-19,27H,3,20H2,1-2,4H3/b11-8+/t27-/m0/s1. The topological polar surface area (TPSA) is 63.7 Å². The Balaban J connectivity index is 2.13. The number of methoxy groups -OCH3 is 1. The Hall–Kier alpha value is -3.48. The quantitative estimate of drug-likeness (QED) is 0.304. The number of carbonyl (C=O) groups excluding carboxylic acids is 1. The zero-order valence-electron chi connectivity index (χ0n) is 19.6. The fourth-order valence-corrected chi connectivity index (χ4v) is 5.14. The van der Waals surface area contributed by atoms with Crippen molar-refractivity contribution in [1.82, 2.24) is 4.31 Å². The molecule has 176 valence electrons. The lowest BCUT2D eigenvalue weighted by Gasteiger charge is -2.31. The molecule has 1 atom stereocenters. The van der Waals surface area contributed by atoms with Crippen LogP contribution < -0.4 is 0 Å². The van der Waals surface area contributed by atoms with E-state index in [0.717, 1.165) is 16.7 Å². The maximum absolute atomic E-state index is 13.9. The first kappa shape index (κ1) is 25.1. The predicted octanol–water partition coefficient (Wildman–Crippen LogP) is 5.48. The van der Waals surface area contributed by atoms with E-state index in [9.17, 15) is 13.2 Å². The predicted molar refractivity (Wildman–Crippen MR) is 136 cm³/mol. The van der Waals surface area contributed by atoms with Crippen molar-refractivity contribution in [2.24, 2.45) is 0 Å². The number of hydrogen-bond donors (Lipinski definition) is 0. The van der Waals surface area contributed by atoms with Gasteiger partial charge < -0.3 is 4.74 Å². The molecule has 5 nitrogen and oxygen atoms in total. The van der Waals surface area contributed by atoms with Crippen LogP contribution in [-0.2, 0) is 19.6 Å². The van der Waals surface area contributed by atoms with E-state index in [1.807, 2.05) is 74.5 Å². The molecule has 0 aliphatic carbocycles. The number of esters is 1. The summed E-state index contributed by atoms with van der Waals surface area (Å²) in [7, 11) is -2.75. The first-order valence-electron chi connectivity index (χ1n) is 10.9. The number of carbonyl (C=O) groups is 1. The summed E-state index contributed by atoms with van der Waals surface area (Å²) in [6.45, 7) is 7.79. The van der Waals surface area contributed by atoms with Crippen LogP contribution >= 0.6 is 0 Å². The van der Waals surface area contributed by atoms with Gasteiger partial charge in [0.15, 0.2) is 0 Å². The number of ether oxygens (including phenoxy) is 1. The normalized spacial score (nSPS) is 12.6. The van der Waals surface area contributed by atoms with Gasteiger partial charge in [0.1, 0.15) is 0 Å². The Kier molecular flexibility index (Phi) is 8.21. The van der Waals surface area contributed by atoms with Crippen LogP contribution in [0.2, 0.25) is 0 Å². The maximum Gasteiger partial charge on any atom is 0.335 e. The average Bonchev–Trinajstić information content (AvgIpc) is 2.84. The van der Waals surface area contributed by atoms with Crippen LogP contribution in [0.1, 0.15) is 28.3 Å². The van der Waals surface area contributed by atoms with E-state index in [1.165, 1.54) is 11.4 Å². The van der Waals surface area contributed by atoms with Crippen molar-refractivity contribution in [3.8, 4) is 0 Å². The second-order valence-electron chi connectivity index (χ2n) is 8.03. The van der Waals surface area contributed by atoms with Crippen LogP contribution in [0.5, 0.6) is 0 Å². The van der Waals surface area contributed by atoms with Gasteiger partial charge in [0.25, 0.3) is 0 Å². The van der Waals surface area contributed by atoms with Crippen molar-refractivity contribution in [2.45, 2.75) is 24.8 Å². The molecule has 0 aliphatic heterocycles. The fourth-order valence-electron chi connectivity index (χ4n) is 3.58. The smallest absolute Gasteiger partial charge is 0.335 e. The summed E-state index contributed by atoms with van der Waals surface area (Å²) >= 11 is 0. The van der Waals surface area contributed by atoms with Crippen molar-refractivity contribution in [3.63, 3.8) is 0 Å². The highest BCUT2D eigenvalue weighted by Crippen LogP contribution is 2.34. The van der Waals surface area contributed by atoms with Gasteiger partial charge in [0.2, 0.25) is 10.0 Å². The molecule has 0 fully saturated rings. The molecule has 0 aliphatic rings. The molecule has 0 unspecified atom stereocenters. The molecule has 0 heterocycles. The molecule has 0 N–H and O–H groups in total. The van der Waals surface area contributed by atoms with E-state index in [4.69, 9.17) is 4.74 Å². The number of aryl methyl sites for hydroxylation is 2. The lowest BCUT2D eigenvalue weighted by atomic mass is 9.98. The van der Waals surface area contributed by atoms with Crippen LogP contribution in [0.3, 0.4) is 0 Å². The maximum atomic E-state index is 13.9. The monoisotopic (exact) mass is 475 g/mol. The molecule has 0 bridgehead atoms. The summed E-state index contributed by atoms with van der Waals surface area (Å²) in [5, 5.41) is 0. The van der Waals surface area contributed by atoms with Gasteiger partial charge in [-0.25, -0.2) is 13.2 Å². The Morgan fingerprint density at radius 3 is 2.06 bits per heavy atom. The van der Waals surface area contributed by atoms with E-state index in [2.05, 4.69) is 6.58 Å². The van der Waals surface area contributed by atoms with Crippen molar-refractivity contribution >= 4 is 22.1 Å². The molecule has 0 spiro atoms. The van der Waals surface area contributed by atoms with Crippen molar-refractivity contribution in [3.05, 3.63) is 119 Å². The number of nitrogens with zero attached hydrogens (tertiary/aromatic N) is 1. The fraction of sp³-hybridized carbons (Fsp3) is 0.179. The van der Waals surface area contributed by atoms with E-state index in [1.54, 1.807) is 30.3 Å². The van der Waals surface area contributed by atoms with Crippen LogP contribution in [0, 0.1) is 13.8 Å². The lowest BCUT2D eigenvalue weighted by Crippen LogP contribution is -2.37. The number of rotatable bonds is 9. The van der Waals surface area contributed by atoms with Gasteiger partial charge in [0, 0.05) is 6.54 Å². The minimum absolute atomic E-state index is 0.0274. The number of sulfonamides is 1. The second-order valence-corrected chi connectivity index (χ2v) is 9.92. The molecule has 0 saturated heterocycles. The van der Waals surface area contributed by atoms with Crippen molar-refractivity contribution in [2.75, 3.05) is 13.7 Å². The van der Waals surface area contributed by atoms with E-state index in [-0.39, 0.29) is 17.0 Å². The molecule has 0 saturated carbocycles. The SMILES string of the molecule is C=C(C(=O)OC)[C@@H](c1ccc(C)cc1)N(C/C=C/c1ccccc1)S(=O)(=O)c1ccc(C)cc1. The van der Waals surface area contributed by atoms with E-state index >= 15 is 0 Å². The second kappa shape index (κ2) is 11.1. The third kappa shape index (κ3) is 5.90. The van der Waals surface area contributed by atoms with Crippen molar-refractivity contribution in [1.29, 1.82) is 0 Å². The molecule has 0 radical (unpaired) electrons. The first-order chi connectivity index (χ1) is 16.2.